The van der Waals surface area contributed by atoms with Gasteiger partial charge < -0.3 is 18.7 Å². The van der Waals surface area contributed by atoms with E-state index in [0.717, 1.165) is 0 Å². The van der Waals surface area contributed by atoms with Crippen LogP contribution >= 0.6 is 0 Å². The molecule has 1 saturated heterocycles. The first kappa shape index (κ1) is 14.0. The monoisotopic (exact) mass is 294 g/mol. The van der Waals surface area contributed by atoms with Crippen molar-refractivity contribution in [2.24, 2.45) is 0 Å². The second kappa shape index (κ2) is 6.19. The highest BCUT2D eigenvalue weighted by atomic mass is 19.1. The average molecular weight is 294 g/mol. The van der Waals surface area contributed by atoms with E-state index in [9.17, 15) is 4.39 Å². The van der Waals surface area contributed by atoms with Crippen LogP contribution in [-0.4, -0.2) is 29.5 Å². The maximum absolute atomic E-state index is 13.4. The molecule has 0 N–H and O–H groups in total. The molecule has 1 aliphatic rings. The van der Waals surface area contributed by atoms with Crippen molar-refractivity contribution in [2.75, 3.05) is 13.2 Å². The molecule has 0 aliphatic carbocycles. The van der Waals surface area contributed by atoms with Crippen LogP contribution in [0.3, 0.4) is 0 Å². The fourth-order valence-electron chi connectivity index (χ4n) is 2.05. The molecule has 0 saturated carbocycles. The Morgan fingerprint density at radius 3 is 2.90 bits per heavy atom. The summed E-state index contributed by atoms with van der Waals surface area (Å²) in [5.41, 5.74) is 0. The van der Waals surface area contributed by atoms with Crippen molar-refractivity contribution in [1.29, 1.82) is 0 Å². The minimum Gasteiger partial charge on any atom is -0.482 e. The number of para-hydroxylation sites is 1. The highest BCUT2D eigenvalue weighted by Crippen LogP contribution is 2.25. The maximum atomic E-state index is 13.4. The van der Waals surface area contributed by atoms with Gasteiger partial charge in [0.15, 0.2) is 24.3 Å². The lowest BCUT2D eigenvalue weighted by Crippen LogP contribution is -2.30. The quantitative estimate of drug-likeness (QED) is 0.861. The number of benzene rings is 1. The molecule has 1 aromatic carbocycles. The Bertz CT molecular complexity index is 604. The summed E-state index contributed by atoms with van der Waals surface area (Å²) in [5, 5.41) is 3.80. The van der Waals surface area contributed by atoms with Gasteiger partial charge in [-0.2, -0.15) is 4.98 Å². The first-order valence-electron chi connectivity index (χ1n) is 6.67. The molecule has 3 rings (SSSR count). The van der Waals surface area contributed by atoms with Crippen LogP contribution in [0.5, 0.6) is 5.75 Å². The molecule has 0 amide bonds. The lowest BCUT2D eigenvalue weighted by Gasteiger charge is -2.26. The summed E-state index contributed by atoms with van der Waals surface area (Å²) in [4.78, 5) is 4.20. The number of halogens is 1. The number of hydrogen-bond acceptors (Lipinski definition) is 6. The largest absolute Gasteiger partial charge is 0.482 e. The molecular formula is C14H15FN2O4. The highest BCUT2D eigenvalue weighted by molar-refractivity contribution is 5.23. The highest BCUT2D eigenvalue weighted by Gasteiger charge is 2.29. The fourth-order valence-corrected chi connectivity index (χ4v) is 2.05. The van der Waals surface area contributed by atoms with E-state index in [0.29, 0.717) is 24.9 Å². The minimum absolute atomic E-state index is 0.0202. The van der Waals surface area contributed by atoms with Crippen LogP contribution in [0.25, 0.3) is 0 Å². The number of rotatable bonds is 4. The smallest absolute Gasteiger partial charge is 0.258 e. The zero-order valence-corrected chi connectivity index (χ0v) is 11.5. The lowest BCUT2D eigenvalue weighted by molar-refractivity contribution is -0.144. The zero-order valence-electron chi connectivity index (χ0n) is 11.5. The van der Waals surface area contributed by atoms with Gasteiger partial charge in [0.1, 0.15) is 0 Å². The molecule has 2 heterocycles. The van der Waals surface area contributed by atoms with Crippen molar-refractivity contribution in [2.45, 2.75) is 25.7 Å². The molecule has 1 fully saturated rings. The van der Waals surface area contributed by atoms with E-state index in [1.165, 1.54) is 12.1 Å². The van der Waals surface area contributed by atoms with Gasteiger partial charge in [0.2, 0.25) is 5.82 Å². The third kappa shape index (κ3) is 3.20. The summed E-state index contributed by atoms with van der Waals surface area (Å²) < 4.78 is 34.9. The second-order valence-electron chi connectivity index (χ2n) is 4.64. The van der Waals surface area contributed by atoms with Crippen LogP contribution in [0, 0.1) is 5.82 Å². The number of hydrogen-bond donors (Lipinski definition) is 0. The van der Waals surface area contributed by atoms with Crippen molar-refractivity contribution in [3.05, 3.63) is 41.8 Å². The van der Waals surface area contributed by atoms with Crippen molar-refractivity contribution in [3.63, 3.8) is 0 Å². The number of ether oxygens (including phenoxy) is 3. The van der Waals surface area contributed by atoms with Crippen molar-refractivity contribution < 1.29 is 23.1 Å². The molecule has 1 aromatic heterocycles. The second-order valence-corrected chi connectivity index (χ2v) is 4.64. The minimum atomic E-state index is -0.432. The Morgan fingerprint density at radius 2 is 2.10 bits per heavy atom. The molecular weight excluding hydrogens is 279 g/mol. The Morgan fingerprint density at radius 1 is 1.29 bits per heavy atom. The summed E-state index contributed by atoms with van der Waals surface area (Å²) in [7, 11) is 0. The van der Waals surface area contributed by atoms with E-state index < -0.39 is 5.82 Å². The van der Waals surface area contributed by atoms with Gasteiger partial charge in [-0.05, 0) is 19.1 Å². The third-order valence-corrected chi connectivity index (χ3v) is 3.11. The zero-order chi connectivity index (χ0) is 14.7. The van der Waals surface area contributed by atoms with Gasteiger partial charge in [-0.1, -0.05) is 17.3 Å². The summed E-state index contributed by atoms with van der Waals surface area (Å²) in [6.07, 6.45) is -0.534. The Labute approximate surface area is 120 Å². The predicted octanol–water partition coefficient (Wildman–Crippen LogP) is 2.26. The average Bonchev–Trinajstić information content (AvgIpc) is 2.96. The van der Waals surface area contributed by atoms with Crippen LogP contribution in [-0.2, 0) is 16.1 Å². The maximum Gasteiger partial charge on any atom is 0.258 e. The Hall–Kier alpha value is -1.99. The normalized spacial score (nSPS) is 22.2. The molecule has 0 spiro atoms. The SMILES string of the molecule is C[C@@H]1OCCO[C@@H]1c1nc(COc2ccccc2F)no1. The van der Waals surface area contributed by atoms with E-state index in [1.807, 2.05) is 6.92 Å². The molecule has 6 nitrogen and oxygen atoms in total. The third-order valence-electron chi connectivity index (χ3n) is 3.11. The van der Waals surface area contributed by atoms with Crippen LogP contribution in [0.1, 0.15) is 24.7 Å². The lowest BCUT2D eigenvalue weighted by atomic mass is 10.2. The van der Waals surface area contributed by atoms with Gasteiger partial charge in [-0.15, -0.1) is 0 Å². The van der Waals surface area contributed by atoms with E-state index in [4.69, 9.17) is 18.7 Å². The van der Waals surface area contributed by atoms with Crippen molar-refractivity contribution >= 4 is 0 Å². The summed E-state index contributed by atoms with van der Waals surface area (Å²) >= 11 is 0. The molecule has 0 radical (unpaired) electrons. The summed E-state index contributed by atoms with van der Waals surface area (Å²) in [6, 6.07) is 6.15. The molecule has 112 valence electrons. The van der Waals surface area contributed by atoms with Gasteiger partial charge in [-0.3, -0.25) is 0 Å². The first-order chi connectivity index (χ1) is 10.2. The molecule has 7 heteroatoms. The van der Waals surface area contributed by atoms with Crippen LogP contribution < -0.4 is 4.74 Å². The topological polar surface area (TPSA) is 66.6 Å². The Balaban J connectivity index is 1.64. The summed E-state index contributed by atoms with van der Waals surface area (Å²) in [5.74, 6) is 0.386. The molecule has 21 heavy (non-hydrogen) atoms. The van der Waals surface area contributed by atoms with Gasteiger partial charge in [-0.25, -0.2) is 4.39 Å². The van der Waals surface area contributed by atoms with E-state index in [2.05, 4.69) is 10.1 Å². The van der Waals surface area contributed by atoms with Crippen LogP contribution in [0.2, 0.25) is 0 Å². The van der Waals surface area contributed by atoms with Gasteiger partial charge in [0.05, 0.1) is 19.3 Å². The Kier molecular flexibility index (Phi) is 4.12. The van der Waals surface area contributed by atoms with Gasteiger partial charge >= 0.3 is 0 Å². The van der Waals surface area contributed by atoms with Crippen LogP contribution in [0.15, 0.2) is 28.8 Å². The van der Waals surface area contributed by atoms with Gasteiger partial charge in [0, 0.05) is 0 Å². The van der Waals surface area contributed by atoms with E-state index in [1.54, 1.807) is 12.1 Å². The predicted molar refractivity (Wildman–Crippen MR) is 69.1 cm³/mol. The van der Waals surface area contributed by atoms with E-state index >= 15 is 0 Å². The van der Waals surface area contributed by atoms with Crippen molar-refractivity contribution in [1.82, 2.24) is 10.1 Å². The fraction of sp³-hybridized carbons (Fsp3) is 0.429. The van der Waals surface area contributed by atoms with E-state index in [-0.39, 0.29) is 24.6 Å². The van der Waals surface area contributed by atoms with Crippen LogP contribution in [0.4, 0.5) is 4.39 Å². The molecule has 2 aromatic rings. The van der Waals surface area contributed by atoms with Crippen molar-refractivity contribution in [3.8, 4) is 5.75 Å². The molecule has 1 aliphatic heterocycles. The summed E-state index contributed by atoms with van der Waals surface area (Å²) in [6.45, 7) is 2.93. The van der Waals surface area contributed by atoms with Gasteiger partial charge in [0.25, 0.3) is 5.89 Å². The molecule has 0 bridgehead atoms. The number of nitrogens with zero attached hydrogens (tertiary/aromatic N) is 2. The first-order valence-corrected chi connectivity index (χ1v) is 6.67. The standard InChI is InChI=1S/C14H15FN2O4/c1-9-13(19-7-6-18-9)14-16-12(17-21-14)8-20-11-5-3-2-4-10(11)15/h2-5,9,13H,6-8H2,1H3/t9-,13-/m0/s1. The molecule has 2 atom stereocenters. The molecule has 0 unspecified atom stereocenters. The number of aromatic nitrogens is 2.